The lowest BCUT2D eigenvalue weighted by atomic mass is 10.1. The van der Waals surface area contributed by atoms with E-state index in [0.717, 1.165) is 17.8 Å². The minimum Gasteiger partial charge on any atom is -0.312 e. The molecule has 0 bridgehead atoms. The van der Waals surface area contributed by atoms with Crippen LogP contribution in [-0.2, 0) is 20.1 Å². The van der Waals surface area contributed by atoms with Crippen molar-refractivity contribution in [1.82, 2.24) is 18.7 Å². The van der Waals surface area contributed by atoms with Gasteiger partial charge in [-0.15, -0.1) is 0 Å². The fraction of sp³-hybridized carbons (Fsp3) is 0.292. The monoisotopic (exact) mass is 449 g/mol. The van der Waals surface area contributed by atoms with Crippen LogP contribution in [0, 0.1) is 12.8 Å². The van der Waals surface area contributed by atoms with Gasteiger partial charge in [0.1, 0.15) is 0 Å². The van der Waals surface area contributed by atoms with Crippen LogP contribution in [0.3, 0.4) is 0 Å². The smallest absolute Gasteiger partial charge is 0.312 e. The predicted octanol–water partition coefficient (Wildman–Crippen LogP) is 3.69. The van der Waals surface area contributed by atoms with Crippen LogP contribution < -0.4 is 16.1 Å². The van der Waals surface area contributed by atoms with Gasteiger partial charge in [0, 0.05) is 30.8 Å². The number of halogens is 1. The molecular formula is C24H24ClN5O2. The third-order valence-electron chi connectivity index (χ3n) is 6.02. The molecule has 5 rings (SSSR count). The van der Waals surface area contributed by atoms with Crippen molar-refractivity contribution in [2.75, 3.05) is 11.4 Å². The van der Waals surface area contributed by atoms with Gasteiger partial charge in [-0.25, -0.2) is 4.79 Å². The Morgan fingerprint density at radius 2 is 1.84 bits per heavy atom. The Bertz CT molecular complexity index is 1450. The summed E-state index contributed by atoms with van der Waals surface area (Å²) >= 11 is 6.10. The van der Waals surface area contributed by atoms with E-state index < -0.39 is 5.69 Å². The quantitative estimate of drug-likeness (QED) is 0.478. The molecular weight excluding hydrogens is 426 g/mol. The molecule has 32 heavy (non-hydrogen) atoms. The summed E-state index contributed by atoms with van der Waals surface area (Å²) in [6.07, 6.45) is 0. The average Bonchev–Trinajstić information content (AvgIpc) is 3.15. The van der Waals surface area contributed by atoms with E-state index in [1.807, 2.05) is 16.7 Å². The molecule has 4 aromatic rings. The largest absolute Gasteiger partial charge is 0.332 e. The lowest BCUT2D eigenvalue weighted by molar-refractivity contribution is 0.458. The number of anilines is 2. The fourth-order valence-corrected chi connectivity index (χ4v) is 4.62. The summed E-state index contributed by atoms with van der Waals surface area (Å²) in [6.45, 7) is 5.81. The number of imidazole rings is 1. The number of hydrogen-bond acceptors (Lipinski definition) is 4. The van der Waals surface area contributed by atoms with Gasteiger partial charge in [0.15, 0.2) is 11.2 Å². The van der Waals surface area contributed by atoms with E-state index in [0.29, 0.717) is 34.6 Å². The van der Waals surface area contributed by atoms with Crippen molar-refractivity contribution in [3.63, 3.8) is 0 Å². The summed E-state index contributed by atoms with van der Waals surface area (Å²) in [4.78, 5) is 33.5. The number of rotatable bonds is 3. The highest BCUT2D eigenvalue weighted by Crippen LogP contribution is 2.32. The Morgan fingerprint density at radius 3 is 2.56 bits per heavy atom. The van der Waals surface area contributed by atoms with E-state index in [9.17, 15) is 9.59 Å². The van der Waals surface area contributed by atoms with E-state index in [1.165, 1.54) is 14.7 Å². The molecule has 0 N–H and O–H groups in total. The Kier molecular flexibility index (Phi) is 4.93. The van der Waals surface area contributed by atoms with Crippen LogP contribution in [-0.4, -0.2) is 25.2 Å². The molecule has 0 fully saturated rings. The summed E-state index contributed by atoms with van der Waals surface area (Å²) in [6, 6.07) is 15.5. The van der Waals surface area contributed by atoms with E-state index in [4.69, 9.17) is 16.6 Å². The summed E-state index contributed by atoms with van der Waals surface area (Å²) in [5.41, 5.74) is 3.12. The van der Waals surface area contributed by atoms with Crippen molar-refractivity contribution in [3.8, 4) is 0 Å². The fourth-order valence-electron chi connectivity index (χ4n) is 4.40. The maximum absolute atomic E-state index is 13.6. The molecule has 0 amide bonds. The second kappa shape index (κ2) is 7.67. The number of aryl methyl sites for hydroxylation is 2. The second-order valence-electron chi connectivity index (χ2n) is 8.61. The van der Waals surface area contributed by atoms with Gasteiger partial charge < -0.3 is 9.47 Å². The van der Waals surface area contributed by atoms with Gasteiger partial charge >= 0.3 is 5.69 Å². The molecule has 0 radical (unpaired) electrons. The molecule has 1 aliphatic rings. The van der Waals surface area contributed by atoms with Gasteiger partial charge in [0.2, 0.25) is 5.95 Å². The zero-order chi connectivity index (χ0) is 22.6. The normalized spacial score (nSPS) is 15.9. The van der Waals surface area contributed by atoms with E-state index in [-0.39, 0.29) is 12.1 Å². The van der Waals surface area contributed by atoms with Crippen molar-refractivity contribution < 1.29 is 0 Å². The summed E-state index contributed by atoms with van der Waals surface area (Å²) < 4.78 is 4.68. The maximum atomic E-state index is 13.6. The van der Waals surface area contributed by atoms with Crippen LogP contribution >= 0.6 is 11.6 Å². The highest BCUT2D eigenvalue weighted by molar-refractivity contribution is 6.30. The highest BCUT2D eigenvalue weighted by atomic mass is 35.5. The molecule has 7 nitrogen and oxygen atoms in total. The van der Waals surface area contributed by atoms with Gasteiger partial charge in [0.05, 0.1) is 6.54 Å². The lowest BCUT2D eigenvalue weighted by Crippen LogP contribution is -2.40. The van der Waals surface area contributed by atoms with Gasteiger partial charge in [-0.05, 0) is 42.7 Å². The topological polar surface area (TPSA) is 65.1 Å². The summed E-state index contributed by atoms with van der Waals surface area (Å²) in [5.74, 6) is 0.994. The van der Waals surface area contributed by atoms with Gasteiger partial charge in [-0.2, -0.15) is 4.98 Å². The molecule has 1 aliphatic heterocycles. The Balaban J connectivity index is 1.72. The molecule has 164 valence electrons. The first-order chi connectivity index (χ1) is 15.3. The summed E-state index contributed by atoms with van der Waals surface area (Å²) in [7, 11) is 1.66. The van der Waals surface area contributed by atoms with Crippen molar-refractivity contribution in [3.05, 3.63) is 85.5 Å². The average molecular weight is 450 g/mol. The zero-order valence-corrected chi connectivity index (χ0v) is 19.0. The molecule has 0 spiro atoms. The first-order valence-corrected chi connectivity index (χ1v) is 11.0. The molecule has 2 aromatic heterocycles. The Labute approximate surface area is 190 Å². The number of aromatic nitrogens is 4. The van der Waals surface area contributed by atoms with Crippen LogP contribution in [0.15, 0.2) is 58.1 Å². The Morgan fingerprint density at radius 1 is 1.09 bits per heavy atom. The third kappa shape index (κ3) is 3.33. The van der Waals surface area contributed by atoms with Crippen molar-refractivity contribution >= 4 is 34.4 Å². The lowest BCUT2D eigenvalue weighted by Gasteiger charge is -2.33. The molecule has 0 aliphatic carbocycles. The van der Waals surface area contributed by atoms with Crippen molar-refractivity contribution in [2.45, 2.75) is 26.9 Å². The van der Waals surface area contributed by atoms with Gasteiger partial charge in [0.25, 0.3) is 5.56 Å². The van der Waals surface area contributed by atoms with Crippen LogP contribution in [0.4, 0.5) is 11.6 Å². The first-order valence-electron chi connectivity index (χ1n) is 10.6. The SMILES string of the molecule is Cc1ccc(N2C[C@@H](C)Cn3c2nc2c3c(=O)n(Cc3cccc(Cl)c3)c(=O)n2C)cc1. The van der Waals surface area contributed by atoms with E-state index in [1.54, 1.807) is 19.2 Å². The Hall–Kier alpha value is -3.32. The van der Waals surface area contributed by atoms with E-state index >= 15 is 0 Å². The zero-order valence-electron chi connectivity index (χ0n) is 18.2. The molecule has 3 heterocycles. The minimum absolute atomic E-state index is 0.153. The van der Waals surface area contributed by atoms with Crippen LogP contribution in [0.25, 0.3) is 11.2 Å². The first kappa shape index (κ1) is 20.6. The van der Waals surface area contributed by atoms with Crippen LogP contribution in [0.5, 0.6) is 0 Å². The number of fused-ring (bicyclic) bond motifs is 3. The van der Waals surface area contributed by atoms with E-state index in [2.05, 4.69) is 43.0 Å². The molecule has 2 aromatic carbocycles. The molecule has 0 unspecified atom stereocenters. The molecule has 0 saturated carbocycles. The third-order valence-corrected chi connectivity index (χ3v) is 6.25. The van der Waals surface area contributed by atoms with Crippen molar-refractivity contribution in [2.24, 2.45) is 13.0 Å². The second-order valence-corrected chi connectivity index (χ2v) is 9.05. The summed E-state index contributed by atoms with van der Waals surface area (Å²) in [5, 5.41) is 0.567. The minimum atomic E-state index is -0.396. The number of hydrogen-bond donors (Lipinski definition) is 0. The number of benzene rings is 2. The van der Waals surface area contributed by atoms with Crippen LogP contribution in [0.1, 0.15) is 18.1 Å². The maximum Gasteiger partial charge on any atom is 0.332 e. The molecule has 8 heteroatoms. The van der Waals surface area contributed by atoms with Crippen molar-refractivity contribution in [1.29, 1.82) is 0 Å². The standard InChI is InChI=1S/C24H24ClN5O2/c1-15-7-9-19(10-8-15)28-12-16(2)13-29-20-21(26-23(28)29)27(3)24(32)30(22(20)31)14-17-5-4-6-18(25)11-17/h4-11,16H,12-14H2,1-3H3/t16-/m1/s1. The van der Waals surface area contributed by atoms with Gasteiger partial charge in [-0.3, -0.25) is 13.9 Å². The molecule has 1 atom stereocenters. The van der Waals surface area contributed by atoms with Gasteiger partial charge in [-0.1, -0.05) is 48.4 Å². The molecule has 0 saturated heterocycles. The number of nitrogens with zero attached hydrogens (tertiary/aromatic N) is 5. The predicted molar refractivity (Wildman–Crippen MR) is 127 cm³/mol. The highest BCUT2D eigenvalue weighted by Gasteiger charge is 2.29. The van der Waals surface area contributed by atoms with Crippen LogP contribution in [0.2, 0.25) is 5.02 Å².